The molecule has 1 aromatic carbocycles. The lowest BCUT2D eigenvalue weighted by Crippen LogP contribution is -2.51. The molecule has 2 aliphatic rings. The molecule has 1 unspecified atom stereocenters. The number of rotatable bonds is 6. The zero-order chi connectivity index (χ0) is 23.7. The maximum Gasteiger partial charge on any atom is 0.270 e. The minimum Gasteiger partial charge on any atom is -0.352 e. The van der Waals surface area contributed by atoms with Crippen LogP contribution >= 0.6 is 0 Å². The first-order valence-corrected chi connectivity index (χ1v) is 13.7. The molecule has 3 rings (SSSR count). The van der Waals surface area contributed by atoms with E-state index in [1.165, 1.54) is 20.7 Å². The van der Waals surface area contributed by atoms with Crippen molar-refractivity contribution in [2.45, 2.75) is 43.5 Å². The van der Waals surface area contributed by atoms with Gasteiger partial charge in [0.2, 0.25) is 26.0 Å². The molecule has 2 aliphatic heterocycles. The molecule has 0 spiro atoms. The highest BCUT2D eigenvalue weighted by molar-refractivity contribution is 7.89. The van der Waals surface area contributed by atoms with Crippen LogP contribution in [0.4, 0.5) is 5.69 Å². The summed E-state index contributed by atoms with van der Waals surface area (Å²) in [6.45, 7) is 2.52. The third kappa shape index (κ3) is 5.45. The second-order valence-electron chi connectivity index (χ2n) is 8.35. The zero-order valence-corrected chi connectivity index (χ0v) is 19.7. The largest absolute Gasteiger partial charge is 0.352 e. The van der Waals surface area contributed by atoms with Gasteiger partial charge in [-0.05, 0) is 38.2 Å². The van der Waals surface area contributed by atoms with Crippen LogP contribution in [-0.2, 0) is 24.8 Å². The van der Waals surface area contributed by atoms with Crippen LogP contribution in [0.3, 0.4) is 0 Å². The van der Waals surface area contributed by atoms with Crippen LogP contribution in [0.2, 0.25) is 0 Å². The average molecular weight is 489 g/mol. The van der Waals surface area contributed by atoms with Crippen molar-refractivity contribution in [3.8, 4) is 0 Å². The van der Waals surface area contributed by atoms with Crippen molar-refractivity contribution in [1.82, 2.24) is 13.9 Å². The van der Waals surface area contributed by atoms with Gasteiger partial charge in [-0.1, -0.05) is 6.07 Å². The Balaban J connectivity index is 1.62. The molecule has 0 saturated carbocycles. The van der Waals surface area contributed by atoms with Crippen LogP contribution in [0.25, 0.3) is 0 Å². The molecule has 11 nitrogen and oxygen atoms in total. The molecule has 0 radical (unpaired) electrons. The highest BCUT2D eigenvalue weighted by Gasteiger charge is 2.35. The number of amides is 1. The number of nitrogens with one attached hydrogen (secondary N) is 1. The summed E-state index contributed by atoms with van der Waals surface area (Å²) < 4.78 is 52.2. The van der Waals surface area contributed by atoms with Gasteiger partial charge in [-0.2, -0.15) is 4.31 Å². The maximum atomic E-state index is 13.0. The Hall–Kier alpha value is -2.09. The standard InChI is InChI=1S/C19H28N4O7S2/c1-14-5-6-17(23(25)26)12-18(14)32(29,30)21-10-7-15(8-11-21)19(24)20-16-4-3-9-22(13-16)31(2,27)28/h5-6,12,15-16H,3-4,7-11,13H2,1-2H3,(H,20,24). The van der Waals surface area contributed by atoms with E-state index in [4.69, 9.17) is 0 Å². The van der Waals surface area contributed by atoms with Crippen LogP contribution < -0.4 is 5.32 Å². The molecule has 2 fully saturated rings. The predicted octanol–water partition coefficient (Wildman–Crippen LogP) is 0.844. The van der Waals surface area contributed by atoms with Crippen LogP contribution in [0, 0.1) is 23.0 Å². The lowest BCUT2D eigenvalue weighted by atomic mass is 9.96. The van der Waals surface area contributed by atoms with Crippen molar-refractivity contribution < 1.29 is 26.6 Å². The summed E-state index contributed by atoms with van der Waals surface area (Å²) >= 11 is 0. The molecule has 178 valence electrons. The molecule has 0 aliphatic carbocycles. The van der Waals surface area contributed by atoms with E-state index in [-0.39, 0.29) is 48.1 Å². The summed E-state index contributed by atoms with van der Waals surface area (Å²) in [4.78, 5) is 23.0. The quantitative estimate of drug-likeness (QED) is 0.461. The Labute approximate surface area is 188 Å². The fourth-order valence-corrected chi connectivity index (χ4v) is 6.78. The van der Waals surface area contributed by atoms with Crippen molar-refractivity contribution in [2.75, 3.05) is 32.4 Å². The molecule has 32 heavy (non-hydrogen) atoms. The van der Waals surface area contributed by atoms with E-state index in [1.807, 2.05) is 0 Å². The van der Waals surface area contributed by atoms with Gasteiger partial charge in [-0.3, -0.25) is 14.9 Å². The van der Waals surface area contributed by atoms with E-state index >= 15 is 0 Å². The highest BCUT2D eigenvalue weighted by atomic mass is 32.2. The fraction of sp³-hybridized carbons (Fsp3) is 0.632. The maximum absolute atomic E-state index is 13.0. The van der Waals surface area contributed by atoms with E-state index in [1.54, 1.807) is 6.92 Å². The van der Waals surface area contributed by atoms with Gasteiger partial charge in [0, 0.05) is 50.3 Å². The summed E-state index contributed by atoms with van der Waals surface area (Å²) in [6.07, 6.45) is 3.15. The first-order chi connectivity index (χ1) is 14.9. The van der Waals surface area contributed by atoms with Crippen LogP contribution in [0.5, 0.6) is 0 Å². The molecule has 1 amide bonds. The minimum absolute atomic E-state index is 0.0994. The molecule has 1 aromatic rings. The van der Waals surface area contributed by atoms with Gasteiger partial charge in [-0.25, -0.2) is 21.1 Å². The number of nitro groups is 1. The monoisotopic (exact) mass is 488 g/mol. The Bertz CT molecular complexity index is 1100. The molecule has 0 aromatic heterocycles. The third-order valence-corrected chi connectivity index (χ3v) is 9.33. The number of piperidine rings is 2. The third-order valence-electron chi connectivity index (χ3n) is 6.02. The summed E-state index contributed by atoms with van der Waals surface area (Å²) in [5, 5.41) is 14.0. The molecular weight excluding hydrogens is 460 g/mol. The highest BCUT2D eigenvalue weighted by Crippen LogP contribution is 2.28. The summed E-state index contributed by atoms with van der Waals surface area (Å²) in [5.41, 5.74) is 0.127. The predicted molar refractivity (Wildman–Crippen MR) is 117 cm³/mol. The van der Waals surface area contributed by atoms with Gasteiger partial charge in [0.1, 0.15) is 0 Å². The number of nitrogens with zero attached hydrogens (tertiary/aromatic N) is 3. The first-order valence-electron chi connectivity index (χ1n) is 10.4. The van der Waals surface area contributed by atoms with E-state index < -0.39 is 25.0 Å². The van der Waals surface area contributed by atoms with Crippen LogP contribution in [0.15, 0.2) is 23.1 Å². The Morgan fingerprint density at radius 3 is 2.34 bits per heavy atom. The second kappa shape index (κ2) is 9.41. The molecule has 13 heteroatoms. The number of carbonyl (C=O) groups excluding carboxylic acids is 1. The van der Waals surface area contributed by atoms with Crippen molar-refractivity contribution in [3.63, 3.8) is 0 Å². The molecule has 1 atom stereocenters. The van der Waals surface area contributed by atoms with Crippen molar-refractivity contribution in [1.29, 1.82) is 0 Å². The zero-order valence-electron chi connectivity index (χ0n) is 18.1. The van der Waals surface area contributed by atoms with E-state index in [2.05, 4.69) is 5.32 Å². The lowest BCUT2D eigenvalue weighted by molar-refractivity contribution is -0.385. The fourth-order valence-electron chi connectivity index (χ4n) is 4.16. The van der Waals surface area contributed by atoms with Gasteiger partial charge >= 0.3 is 0 Å². The topological polar surface area (TPSA) is 147 Å². The molecule has 2 heterocycles. The number of hydrogen-bond acceptors (Lipinski definition) is 7. The number of carbonyl (C=O) groups is 1. The van der Waals surface area contributed by atoms with E-state index in [9.17, 15) is 31.7 Å². The normalized spacial score (nSPS) is 21.9. The first kappa shape index (κ1) is 24.6. The second-order valence-corrected chi connectivity index (χ2v) is 12.2. The molecule has 1 N–H and O–H groups in total. The van der Waals surface area contributed by atoms with Crippen LogP contribution in [0.1, 0.15) is 31.2 Å². The van der Waals surface area contributed by atoms with Crippen molar-refractivity contribution in [3.05, 3.63) is 33.9 Å². The number of hydrogen-bond donors (Lipinski definition) is 1. The number of nitro benzene ring substituents is 1. The number of aryl methyl sites for hydroxylation is 1. The molecular formula is C19H28N4O7S2. The van der Waals surface area contributed by atoms with Gasteiger partial charge in [0.05, 0.1) is 16.1 Å². The number of sulfonamides is 2. The van der Waals surface area contributed by atoms with Crippen molar-refractivity contribution >= 4 is 31.6 Å². The average Bonchev–Trinajstić information content (AvgIpc) is 2.73. The smallest absolute Gasteiger partial charge is 0.270 e. The number of benzene rings is 1. The summed E-state index contributed by atoms with van der Waals surface area (Å²) in [5.74, 6) is -0.574. The SMILES string of the molecule is Cc1ccc([N+](=O)[O-])cc1S(=O)(=O)N1CCC(C(=O)NC2CCCN(S(C)(=O)=O)C2)CC1. The Morgan fingerprint density at radius 2 is 1.75 bits per heavy atom. The molecule has 0 bridgehead atoms. The van der Waals surface area contributed by atoms with Gasteiger partial charge < -0.3 is 5.32 Å². The van der Waals surface area contributed by atoms with Crippen molar-refractivity contribution in [2.24, 2.45) is 5.92 Å². The van der Waals surface area contributed by atoms with Gasteiger partial charge in [0.15, 0.2) is 0 Å². The number of non-ortho nitro benzene ring substituents is 1. The Morgan fingerprint density at radius 1 is 1.09 bits per heavy atom. The molecule has 2 saturated heterocycles. The van der Waals surface area contributed by atoms with E-state index in [0.717, 1.165) is 12.3 Å². The van der Waals surface area contributed by atoms with Crippen LogP contribution in [-0.4, -0.2) is 74.8 Å². The summed E-state index contributed by atoms with van der Waals surface area (Å²) in [6, 6.07) is 3.48. The van der Waals surface area contributed by atoms with E-state index in [0.29, 0.717) is 37.8 Å². The minimum atomic E-state index is -3.92. The Kier molecular flexibility index (Phi) is 7.22. The lowest BCUT2D eigenvalue weighted by Gasteiger charge is -2.34. The summed E-state index contributed by atoms with van der Waals surface area (Å²) in [7, 11) is -7.24. The van der Waals surface area contributed by atoms with Gasteiger partial charge in [0.25, 0.3) is 5.69 Å². The van der Waals surface area contributed by atoms with Gasteiger partial charge in [-0.15, -0.1) is 0 Å².